The van der Waals surface area contributed by atoms with Gasteiger partial charge in [0.05, 0.1) is 0 Å². The minimum Gasteiger partial charge on any atom is -0.367 e. The first-order chi connectivity index (χ1) is 9.05. The van der Waals surface area contributed by atoms with E-state index in [0.29, 0.717) is 10.6 Å². The van der Waals surface area contributed by atoms with Crippen LogP contribution in [0.15, 0.2) is 6.07 Å². The van der Waals surface area contributed by atoms with Crippen molar-refractivity contribution in [2.24, 2.45) is 5.92 Å². The number of nitrogens with one attached hydrogen (secondary N) is 1. The lowest BCUT2D eigenvalue weighted by Crippen LogP contribution is -2.29. The Kier molecular flexibility index (Phi) is 4.74. The molecule has 1 heterocycles. The Morgan fingerprint density at radius 3 is 2.68 bits per heavy atom. The van der Waals surface area contributed by atoms with Gasteiger partial charge in [-0.25, -0.2) is 4.98 Å². The average Bonchev–Trinajstić information content (AvgIpc) is 2.77. The lowest BCUT2D eigenvalue weighted by molar-refractivity contribution is -0.0459. The van der Waals surface area contributed by atoms with Gasteiger partial charge in [-0.15, -0.1) is 0 Å². The second-order valence-corrected chi connectivity index (χ2v) is 6.24. The fourth-order valence-corrected chi connectivity index (χ4v) is 3.18. The van der Waals surface area contributed by atoms with Gasteiger partial charge in [-0.3, -0.25) is 0 Å². The highest BCUT2D eigenvalue weighted by Gasteiger charge is 2.38. The van der Waals surface area contributed by atoms with Gasteiger partial charge in [-0.1, -0.05) is 26.1 Å². The molecule has 1 aromatic rings. The number of aromatic amines is 1. The second kappa shape index (κ2) is 6.14. The summed E-state index contributed by atoms with van der Waals surface area (Å²) < 4.78 is 6.73. The Bertz CT molecular complexity index is 475. The van der Waals surface area contributed by atoms with Crippen molar-refractivity contribution < 1.29 is 4.74 Å². The quantitative estimate of drug-likeness (QED) is 0.824. The molecule has 0 unspecified atom stereocenters. The molecule has 2 rings (SSSR count). The van der Waals surface area contributed by atoms with Gasteiger partial charge in [0.2, 0.25) is 0 Å². The highest BCUT2D eigenvalue weighted by molar-refractivity contribution is 7.71. The molecule has 1 saturated carbocycles. The minimum absolute atomic E-state index is 0.227. The zero-order valence-corrected chi connectivity index (χ0v) is 13.0. The fraction of sp³-hybridized carbons (Fsp3) is 0.733. The zero-order chi connectivity index (χ0) is 13.9. The Hall–Kier alpha value is -0.740. The molecule has 0 saturated heterocycles. The van der Waals surface area contributed by atoms with E-state index in [2.05, 4.69) is 23.8 Å². The number of H-pyrrole nitrogens is 1. The molecule has 1 fully saturated rings. The van der Waals surface area contributed by atoms with Crippen LogP contribution >= 0.6 is 12.2 Å². The first-order valence-corrected chi connectivity index (χ1v) is 7.71. The summed E-state index contributed by atoms with van der Waals surface area (Å²) in [7, 11) is 0. The summed E-state index contributed by atoms with van der Waals surface area (Å²) in [6.45, 7) is 7.19. The summed E-state index contributed by atoms with van der Waals surface area (Å²) in [4.78, 5) is 8.03. The molecule has 0 spiro atoms. The number of hydrogen-bond acceptors (Lipinski definition) is 3. The number of nitrogens with zero attached hydrogens (tertiary/aromatic N) is 1. The fourth-order valence-electron chi connectivity index (χ4n) is 2.95. The lowest BCUT2D eigenvalue weighted by atomic mass is 10.00. The van der Waals surface area contributed by atoms with Crippen LogP contribution in [-0.2, 0) is 16.8 Å². The molecule has 1 N–H and O–H groups in total. The molecule has 1 aliphatic rings. The monoisotopic (exact) mass is 280 g/mol. The number of ether oxygens (including phenoxy) is 1. The molecule has 3 nitrogen and oxygen atoms in total. The molecule has 106 valence electrons. The minimum atomic E-state index is -0.227. The van der Waals surface area contributed by atoms with Crippen LogP contribution in [0.25, 0.3) is 0 Å². The number of rotatable bonds is 5. The lowest BCUT2D eigenvalue weighted by Gasteiger charge is -2.28. The van der Waals surface area contributed by atoms with Crippen molar-refractivity contribution in [2.75, 3.05) is 6.61 Å². The summed E-state index contributed by atoms with van der Waals surface area (Å²) in [6, 6.07) is 1.98. The van der Waals surface area contributed by atoms with E-state index in [1.54, 1.807) is 0 Å². The molecule has 0 bridgehead atoms. The van der Waals surface area contributed by atoms with Crippen LogP contribution in [0, 0.1) is 10.6 Å². The summed E-state index contributed by atoms with van der Waals surface area (Å²) >= 11 is 5.32. The highest BCUT2D eigenvalue weighted by Crippen LogP contribution is 2.40. The van der Waals surface area contributed by atoms with Crippen LogP contribution in [0.5, 0.6) is 0 Å². The topological polar surface area (TPSA) is 37.9 Å². The summed E-state index contributed by atoms with van der Waals surface area (Å²) in [5.41, 5.74) is 0.950. The summed E-state index contributed by atoms with van der Waals surface area (Å²) in [5, 5.41) is 0. The van der Waals surface area contributed by atoms with Crippen LogP contribution < -0.4 is 0 Å². The predicted molar refractivity (Wildman–Crippen MR) is 79.7 cm³/mol. The summed E-state index contributed by atoms with van der Waals surface area (Å²) in [6.07, 6.45) is 5.50. The van der Waals surface area contributed by atoms with Gasteiger partial charge >= 0.3 is 0 Å². The van der Waals surface area contributed by atoms with Crippen molar-refractivity contribution in [1.82, 2.24) is 9.97 Å². The third-order valence-corrected chi connectivity index (χ3v) is 3.90. The van der Waals surface area contributed by atoms with Gasteiger partial charge in [0.15, 0.2) is 0 Å². The maximum atomic E-state index is 6.05. The molecule has 4 heteroatoms. The average molecular weight is 280 g/mol. The van der Waals surface area contributed by atoms with Gasteiger partial charge in [0.25, 0.3) is 0 Å². The molecular formula is C15H24N2OS. The van der Waals surface area contributed by atoms with Crippen molar-refractivity contribution in [3.05, 3.63) is 22.2 Å². The van der Waals surface area contributed by atoms with Crippen LogP contribution in [0.2, 0.25) is 0 Å². The van der Waals surface area contributed by atoms with Gasteiger partial charge in [0, 0.05) is 12.3 Å². The van der Waals surface area contributed by atoms with Crippen molar-refractivity contribution in [3.8, 4) is 0 Å². The van der Waals surface area contributed by atoms with Crippen LogP contribution in [0.1, 0.15) is 58.0 Å². The van der Waals surface area contributed by atoms with Crippen LogP contribution in [0.4, 0.5) is 0 Å². The van der Waals surface area contributed by atoms with E-state index in [1.165, 1.54) is 18.5 Å². The van der Waals surface area contributed by atoms with E-state index in [1.807, 2.05) is 13.0 Å². The number of aromatic nitrogens is 2. The van der Waals surface area contributed by atoms with Gasteiger partial charge in [0.1, 0.15) is 16.1 Å². The van der Waals surface area contributed by atoms with Gasteiger partial charge < -0.3 is 9.72 Å². The van der Waals surface area contributed by atoms with Crippen molar-refractivity contribution in [1.29, 1.82) is 0 Å². The first-order valence-electron chi connectivity index (χ1n) is 7.30. The summed E-state index contributed by atoms with van der Waals surface area (Å²) in [5.74, 6) is 1.54. The SMILES string of the molecule is CCOC1(c2nc(=S)cc(CC(C)C)[nH]2)CCCC1. The van der Waals surface area contributed by atoms with E-state index >= 15 is 0 Å². The highest BCUT2D eigenvalue weighted by atomic mass is 32.1. The normalized spacial score (nSPS) is 18.1. The second-order valence-electron chi connectivity index (χ2n) is 5.83. The molecule has 0 atom stereocenters. The predicted octanol–water partition coefficient (Wildman–Crippen LogP) is 4.14. The van der Waals surface area contributed by atoms with Gasteiger partial charge in [-0.05, 0) is 51.0 Å². The molecule has 1 aliphatic carbocycles. The molecule has 0 aliphatic heterocycles. The Labute approximate surface area is 120 Å². The molecule has 0 amide bonds. The Morgan fingerprint density at radius 1 is 1.42 bits per heavy atom. The van der Waals surface area contributed by atoms with E-state index in [-0.39, 0.29) is 5.60 Å². The van der Waals surface area contributed by atoms with Gasteiger partial charge in [-0.2, -0.15) is 0 Å². The van der Waals surface area contributed by atoms with Crippen molar-refractivity contribution in [2.45, 2.75) is 58.5 Å². The van der Waals surface area contributed by atoms with E-state index < -0.39 is 0 Å². The van der Waals surface area contributed by atoms with Crippen LogP contribution in [0.3, 0.4) is 0 Å². The molecular weight excluding hydrogens is 256 g/mol. The third kappa shape index (κ3) is 3.42. The van der Waals surface area contributed by atoms with Crippen molar-refractivity contribution >= 4 is 12.2 Å². The van der Waals surface area contributed by atoms with Crippen molar-refractivity contribution in [3.63, 3.8) is 0 Å². The largest absolute Gasteiger partial charge is 0.367 e. The van der Waals surface area contributed by atoms with E-state index in [4.69, 9.17) is 17.0 Å². The zero-order valence-electron chi connectivity index (χ0n) is 12.2. The first kappa shape index (κ1) is 14.7. The maximum Gasteiger partial charge on any atom is 0.140 e. The number of hydrogen-bond donors (Lipinski definition) is 1. The third-order valence-electron chi connectivity index (χ3n) is 3.69. The standard InChI is InChI=1S/C15H24N2OS/c1-4-18-15(7-5-6-8-15)14-16-12(9-11(2)3)10-13(19)17-14/h10-11H,4-9H2,1-3H3,(H,16,17,19). The Balaban J connectivity index is 2.37. The molecule has 0 aromatic carbocycles. The smallest absolute Gasteiger partial charge is 0.140 e. The molecule has 19 heavy (non-hydrogen) atoms. The van der Waals surface area contributed by atoms with E-state index in [0.717, 1.165) is 31.7 Å². The van der Waals surface area contributed by atoms with Crippen LogP contribution in [-0.4, -0.2) is 16.6 Å². The molecule has 1 aromatic heterocycles. The Morgan fingerprint density at radius 2 is 2.11 bits per heavy atom. The van der Waals surface area contributed by atoms with E-state index in [9.17, 15) is 0 Å². The molecule has 0 radical (unpaired) electrons. The maximum absolute atomic E-state index is 6.05.